The standard InChI is InChI=1S/C40H37BN2/c1-38(2,3)26-22-29-37-31(23-26)41-30-15-10-14-27-28-20-24-12-6-7-13-25(24)21-34(28)42(36(27)30)32-16-11-17-33(35(32)41)43(37)40(5)19-9-8-18-39(29,40)4/h6-7,10-17,20-23H,8-9,18-19H2,1-5H3. The summed E-state index contributed by atoms with van der Waals surface area (Å²) in [4.78, 5) is 2.84. The molecule has 4 heterocycles. The van der Waals surface area contributed by atoms with Gasteiger partial charge in [0.05, 0.1) is 11.1 Å². The van der Waals surface area contributed by atoms with Crippen molar-refractivity contribution in [3.63, 3.8) is 0 Å². The lowest BCUT2D eigenvalue weighted by atomic mass is 9.33. The Kier molecular flexibility index (Phi) is 4.30. The third-order valence-electron chi connectivity index (χ3n) is 12.2. The highest BCUT2D eigenvalue weighted by Crippen LogP contribution is 2.61. The lowest BCUT2D eigenvalue weighted by molar-refractivity contribution is 0.195. The molecule has 2 unspecified atom stereocenters. The molecule has 0 N–H and O–H groups in total. The van der Waals surface area contributed by atoms with Gasteiger partial charge >= 0.3 is 0 Å². The average molecular weight is 557 g/mol. The van der Waals surface area contributed by atoms with Crippen molar-refractivity contribution in [2.45, 2.75) is 76.7 Å². The SMILES string of the molecule is CC(C)(C)c1cc2c3c(c1)C1(C)CCCCC1(C)N3c1cccc3c1B2c1cccc2c4cc5ccccc5cc4n-3c12. The second-order valence-electron chi connectivity index (χ2n) is 15.3. The fraction of sp³-hybridized carbons (Fsp3) is 0.300. The Balaban J connectivity index is 1.40. The minimum Gasteiger partial charge on any atom is -0.335 e. The molecule has 1 aromatic heterocycles. The molecule has 0 spiro atoms. The number of hydrogen-bond acceptors (Lipinski definition) is 1. The monoisotopic (exact) mass is 556 g/mol. The second kappa shape index (κ2) is 7.56. The van der Waals surface area contributed by atoms with E-state index in [4.69, 9.17) is 0 Å². The molecule has 2 nitrogen and oxygen atoms in total. The van der Waals surface area contributed by atoms with Crippen LogP contribution in [-0.4, -0.2) is 16.8 Å². The molecule has 6 aromatic rings. The van der Waals surface area contributed by atoms with Gasteiger partial charge in [-0.25, -0.2) is 0 Å². The van der Waals surface area contributed by atoms with Crippen LogP contribution in [0.2, 0.25) is 0 Å². The van der Waals surface area contributed by atoms with Gasteiger partial charge < -0.3 is 9.47 Å². The fourth-order valence-electron chi connectivity index (χ4n) is 9.86. The lowest BCUT2D eigenvalue weighted by Gasteiger charge is -2.52. The quantitative estimate of drug-likeness (QED) is 0.171. The first-order chi connectivity index (χ1) is 20.7. The van der Waals surface area contributed by atoms with E-state index in [-0.39, 0.29) is 23.1 Å². The third-order valence-corrected chi connectivity index (χ3v) is 12.2. The number of fused-ring (bicyclic) bond motifs is 11. The van der Waals surface area contributed by atoms with Crippen molar-refractivity contribution in [3.05, 3.63) is 96.1 Å². The van der Waals surface area contributed by atoms with E-state index in [0.717, 1.165) is 0 Å². The minimum atomic E-state index is 0.0557. The highest BCUT2D eigenvalue weighted by molar-refractivity contribution is 7.00. The average Bonchev–Trinajstić information content (AvgIpc) is 3.43. The van der Waals surface area contributed by atoms with E-state index in [9.17, 15) is 0 Å². The maximum Gasteiger partial charge on any atom is 0.252 e. The van der Waals surface area contributed by atoms with Crippen molar-refractivity contribution in [2.24, 2.45) is 0 Å². The maximum atomic E-state index is 2.84. The van der Waals surface area contributed by atoms with Crippen LogP contribution in [0.25, 0.3) is 38.3 Å². The number of nitrogens with zero attached hydrogens (tertiary/aromatic N) is 2. The molecule has 210 valence electrons. The van der Waals surface area contributed by atoms with Gasteiger partial charge in [-0.05, 0) is 87.7 Å². The normalized spacial score (nSPS) is 23.2. The number of hydrogen-bond donors (Lipinski definition) is 0. The van der Waals surface area contributed by atoms with E-state index < -0.39 is 0 Å². The van der Waals surface area contributed by atoms with E-state index in [1.54, 1.807) is 5.56 Å². The van der Waals surface area contributed by atoms with E-state index >= 15 is 0 Å². The Bertz CT molecular complexity index is 2230. The summed E-state index contributed by atoms with van der Waals surface area (Å²) in [7, 11) is 0. The summed E-state index contributed by atoms with van der Waals surface area (Å²) >= 11 is 0. The molecule has 43 heavy (non-hydrogen) atoms. The highest BCUT2D eigenvalue weighted by atomic mass is 15.3. The Morgan fingerprint density at radius 2 is 1.47 bits per heavy atom. The van der Waals surface area contributed by atoms with Crippen molar-refractivity contribution in [3.8, 4) is 5.69 Å². The Labute approximate surface area is 254 Å². The van der Waals surface area contributed by atoms with Crippen molar-refractivity contribution in [1.29, 1.82) is 0 Å². The van der Waals surface area contributed by atoms with Crippen LogP contribution in [-0.2, 0) is 10.8 Å². The molecule has 2 atom stereocenters. The van der Waals surface area contributed by atoms with Crippen LogP contribution in [0, 0.1) is 0 Å². The van der Waals surface area contributed by atoms with E-state index in [0.29, 0.717) is 0 Å². The molecule has 1 fully saturated rings. The van der Waals surface area contributed by atoms with Crippen LogP contribution in [0.15, 0.2) is 84.9 Å². The zero-order valence-electron chi connectivity index (χ0n) is 25.9. The summed E-state index contributed by atoms with van der Waals surface area (Å²) in [5.74, 6) is 0. The Hall–Kier alpha value is -3.98. The zero-order chi connectivity index (χ0) is 29.0. The fourth-order valence-corrected chi connectivity index (χ4v) is 9.86. The second-order valence-corrected chi connectivity index (χ2v) is 15.3. The number of rotatable bonds is 0. The van der Waals surface area contributed by atoms with E-state index in [2.05, 4.69) is 129 Å². The van der Waals surface area contributed by atoms with Gasteiger partial charge in [0.2, 0.25) is 0 Å². The predicted molar refractivity (Wildman–Crippen MR) is 184 cm³/mol. The van der Waals surface area contributed by atoms with Crippen molar-refractivity contribution >= 4 is 67.1 Å². The predicted octanol–water partition coefficient (Wildman–Crippen LogP) is 8.12. The summed E-state index contributed by atoms with van der Waals surface area (Å²) in [5, 5.41) is 5.33. The van der Waals surface area contributed by atoms with Gasteiger partial charge in [0.1, 0.15) is 0 Å². The molecule has 5 aromatic carbocycles. The molecule has 0 amide bonds. The maximum absolute atomic E-state index is 2.84. The molecule has 10 rings (SSSR count). The third kappa shape index (κ3) is 2.71. The van der Waals surface area contributed by atoms with Gasteiger partial charge in [-0.3, -0.25) is 0 Å². The van der Waals surface area contributed by atoms with Gasteiger partial charge in [0.15, 0.2) is 0 Å². The van der Waals surface area contributed by atoms with Crippen molar-refractivity contribution < 1.29 is 0 Å². The molecular formula is C40H37BN2. The summed E-state index contributed by atoms with van der Waals surface area (Å²) in [6.45, 7) is 12.6. The van der Waals surface area contributed by atoms with Gasteiger partial charge in [0.25, 0.3) is 6.71 Å². The summed E-state index contributed by atoms with van der Waals surface area (Å²) in [5.41, 5.74) is 14.8. The number of aromatic nitrogens is 1. The molecule has 4 aliphatic rings. The van der Waals surface area contributed by atoms with Gasteiger partial charge in [-0.1, -0.05) is 101 Å². The number of para-hydroxylation sites is 1. The van der Waals surface area contributed by atoms with Crippen LogP contribution >= 0.6 is 0 Å². The van der Waals surface area contributed by atoms with Crippen LogP contribution in [0.3, 0.4) is 0 Å². The first-order valence-corrected chi connectivity index (χ1v) is 16.3. The molecule has 0 radical (unpaired) electrons. The van der Waals surface area contributed by atoms with Crippen LogP contribution in [0.5, 0.6) is 0 Å². The number of benzene rings is 5. The molecule has 3 aliphatic heterocycles. The first kappa shape index (κ1) is 24.5. The summed E-state index contributed by atoms with van der Waals surface area (Å²) < 4.78 is 2.61. The minimum absolute atomic E-state index is 0.0557. The Morgan fingerprint density at radius 1 is 0.721 bits per heavy atom. The molecule has 0 saturated heterocycles. The van der Waals surface area contributed by atoms with Crippen LogP contribution in [0.1, 0.15) is 71.4 Å². The molecule has 0 bridgehead atoms. The Morgan fingerprint density at radius 3 is 2.28 bits per heavy atom. The van der Waals surface area contributed by atoms with Crippen LogP contribution < -0.4 is 21.3 Å². The smallest absolute Gasteiger partial charge is 0.252 e. The zero-order valence-corrected chi connectivity index (χ0v) is 25.9. The summed E-state index contributed by atoms with van der Waals surface area (Å²) in [6.07, 6.45) is 5.11. The van der Waals surface area contributed by atoms with E-state index in [1.165, 1.54) is 97.3 Å². The summed E-state index contributed by atoms with van der Waals surface area (Å²) in [6, 6.07) is 33.1. The van der Waals surface area contributed by atoms with E-state index in [1.807, 2.05) is 0 Å². The molecule has 3 heteroatoms. The van der Waals surface area contributed by atoms with Crippen molar-refractivity contribution in [1.82, 2.24) is 4.57 Å². The first-order valence-electron chi connectivity index (χ1n) is 16.3. The van der Waals surface area contributed by atoms with Gasteiger partial charge in [-0.2, -0.15) is 0 Å². The van der Waals surface area contributed by atoms with Crippen molar-refractivity contribution in [2.75, 3.05) is 4.90 Å². The van der Waals surface area contributed by atoms with Gasteiger partial charge in [0, 0.05) is 38.8 Å². The van der Waals surface area contributed by atoms with Gasteiger partial charge in [-0.15, -0.1) is 0 Å². The highest BCUT2D eigenvalue weighted by Gasteiger charge is 2.61. The van der Waals surface area contributed by atoms with Crippen LogP contribution in [0.4, 0.5) is 11.4 Å². The molecule has 1 aliphatic carbocycles. The lowest BCUT2D eigenvalue weighted by Crippen LogP contribution is -2.64. The topological polar surface area (TPSA) is 8.17 Å². The number of anilines is 2. The molecular weight excluding hydrogens is 519 g/mol. The largest absolute Gasteiger partial charge is 0.335 e. The molecule has 1 saturated carbocycles.